The Balaban J connectivity index is 1.80. The lowest BCUT2D eigenvalue weighted by Crippen LogP contribution is -2.27. The van der Waals surface area contributed by atoms with Crippen molar-refractivity contribution in [3.8, 4) is 11.3 Å². The Labute approximate surface area is 225 Å². The van der Waals surface area contributed by atoms with E-state index in [4.69, 9.17) is 0 Å². The number of pyridine rings is 2. The van der Waals surface area contributed by atoms with Gasteiger partial charge in [0.15, 0.2) is 5.03 Å². The molecule has 0 atom stereocenters. The molecule has 4 bridgehead atoms. The highest BCUT2D eigenvalue weighted by atomic mass is 32.2. The van der Waals surface area contributed by atoms with E-state index in [0.717, 1.165) is 37.5 Å². The highest BCUT2D eigenvalue weighted by molar-refractivity contribution is 7.92. The molecule has 12 heteroatoms. The normalized spacial score (nSPS) is 16.2. The number of halogens is 4. The molecule has 0 radical (unpaired) electrons. The van der Waals surface area contributed by atoms with Crippen LogP contribution in [0.5, 0.6) is 0 Å². The molecule has 0 unspecified atom stereocenters. The van der Waals surface area contributed by atoms with Crippen LogP contribution in [-0.4, -0.2) is 43.2 Å². The standard InChI is InChI=1S/C27H30F4N4O3S/c28-20-12-11-19-8-3-1-2-4-15-35(16-5-6-17-36)24-9-7-10-25(33-24)39(37,38)34-23-14-13-22(27(29,30)31)26(32-23)21(19)18-20/h7,9-14,18,36H,1-6,8,15-17H2,(H,32,34). The maximum Gasteiger partial charge on any atom is 0.418 e. The van der Waals surface area contributed by atoms with E-state index in [1.165, 1.54) is 18.2 Å². The summed E-state index contributed by atoms with van der Waals surface area (Å²) in [6, 6.07) is 9.88. The van der Waals surface area contributed by atoms with Gasteiger partial charge in [-0.1, -0.05) is 25.0 Å². The van der Waals surface area contributed by atoms with Crippen LogP contribution in [0, 0.1) is 5.82 Å². The average Bonchev–Trinajstić information content (AvgIpc) is 2.89. The van der Waals surface area contributed by atoms with E-state index in [1.54, 1.807) is 12.1 Å². The topological polar surface area (TPSA) is 95.4 Å². The number of hydrogen-bond donors (Lipinski definition) is 2. The van der Waals surface area contributed by atoms with Crippen LogP contribution in [0.25, 0.3) is 11.3 Å². The zero-order valence-electron chi connectivity index (χ0n) is 21.2. The number of nitrogens with zero attached hydrogens (tertiary/aromatic N) is 3. The van der Waals surface area contributed by atoms with Crippen LogP contribution in [0.2, 0.25) is 0 Å². The van der Waals surface area contributed by atoms with Crippen molar-refractivity contribution in [1.82, 2.24) is 9.97 Å². The van der Waals surface area contributed by atoms with E-state index < -0.39 is 33.3 Å². The molecule has 1 aromatic carbocycles. The molecule has 4 rings (SSSR count). The number of fused-ring (bicyclic) bond motifs is 6. The molecule has 0 spiro atoms. The maximum atomic E-state index is 14.2. The molecule has 3 heterocycles. The molecule has 39 heavy (non-hydrogen) atoms. The Morgan fingerprint density at radius 1 is 0.974 bits per heavy atom. The van der Waals surface area contributed by atoms with Gasteiger partial charge in [-0.15, -0.1) is 0 Å². The first kappa shape index (κ1) is 28.8. The van der Waals surface area contributed by atoms with Crippen molar-refractivity contribution in [2.45, 2.75) is 56.1 Å². The molecule has 0 aliphatic carbocycles. The Kier molecular flexibility index (Phi) is 9.06. The Bertz CT molecular complexity index is 1400. The van der Waals surface area contributed by atoms with Crippen molar-refractivity contribution in [3.63, 3.8) is 0 Å². The number of hydrogen-bond acceptors (Lipinski definition) is 6. The molecule has 7 nitrogen and oxygen atoms in total. The third-order valence-corrected chi connectivity index (χ3v) is 7.79. The van der Waals surface area contributed by atoms with Gasteiger partial charge in [0.2, 0.25) is 0 Å². The van der Waals surface area contributed by atoms with Crippen LogP contribution in [0.15, 0.2) is 53.6 Å². The summed E-state index contributed by atoms with van der Waals surface area (Å²) in [6.07, 6.45) is -0.0165. The second-order valence-corrected chi connectivity index (χ2v) is 11.0. The van der Waals surface area contributed by atoms with Crippen molar-refractivity contribution < 1.29 is 31.1 Å². The summed E-state index contributed by atoms with van der Waals surface area (Å²) in [6.45, 7) is 1.24. The van der Waals surface area contributed by atoms with Gasteiger partial charge in [0.25, 0.3) is 10.0 Å². The van der Waals surface area contributed by atoms with Crippen LogP contribution < -0.4 is 9.62 Å². The lowest BCUT2D eigenvalue weighted by molar-refractivity contribution is -0.137. The quantitative estimate of drug-likeness (QED) is 0.306. The fraction of sp³-hybridized carbons (Fsp3) is 0.407. The van der Waals surface area contributed by atoms with Gasteiger partial charge in [-0.25, -0.2) is 14.4 Å². The van der Waals surface area contributed by atoms with Crippen molar-refractivity contribution >= 4 is 21.7 Å². The van der Waals surface area contributed by atoms with E-state index in [-0.39, 0.29) is 23.0 Å². The molecular formula is C27H30F4N4O3S. The zero-order chi connectivity index (χ0) is 28.0. The third-order valence-electron chi connectivity index (χ3n) is 6.54. The van der Waals surface area contributed by atoms with Gasteiger partial charge < -0.3 is 10.0 Å². The largest absolute Gasteiger partial charge is 0.418 e. The Morgan fingerprint density at radius 2 is 1.77 bits per heavy atom. The summed E-state index contributed by atoms with van der Waals surface area (Å²) in [4.78, 5) is 10.3. The monoisotopic (exact) mass is 566 g/mol. The van der Waals surface area contributed by atoms with E-state index in [0.29, 0.717) is 50.2 Å². The van der Waals surface area contributed by atoms with Crippen molar-refractivity contribution in [1.29, 1.82) is 0 Å². The third kappa shape index (κ3) is 7.24. The first-order valence-electron chi connectivity index (χ1n) is 12.8. The molecule has 210 valence electrons. The minimum absolute atomic E-state index is 0.0251. The predicted molar refractivity (Wildman–Crippen MR) is 140 cm³/mol. The second kappa shape index (κ2) is 12.3. The maximum absolute atomic E-state index is 14.2. The average molecular weight is 567 g/mol. The van der Waals surface area contributed by atoms with Crippen LogP contribution in [0.1, 0.15) is 49.7 Å². The number of alkyl halides is 3. The van der Waals surface area contributed by atoms with E-state index in [9.17, 15) is 31.1 Å². The van der Waals surface area contributed by atoms with Gasteiger partial charge in [-0.05, 0) is 74.1 Å². The summed E-state index contributed by atoms with van der Waals surface area (Å²) < 4.78 is 84.8. The molecular weight excluding hydrogens is 536 g/mol. The summed E-state index contributed by atoms with van der Waals surface area (Å²) in [5.74, 6) is -0.614. The number of anilines is 2. The summed E-state index contributed by atoms with van der Waals surface area (Å²) in [5.41, 5.74) is -1.16. The number of sulfonamides is 1. The number of unbranched alkanes of at least 4 members (excludes halogenated alkanes) is 1. The Morgan fingerprint density at radius 3 is 2.54 bits per heavy atom. The van der Waals surface area contributed by atoms with Gasteiger partial charge >= 0.3 is 6.18 Å². The smallest absolute Gasteiger partial charge is 0.396 e. The van der Waals surface area contributed by atoms with Gasteiger partial charge in [0, 0.05) is 25.3 Å². The highest BCUT2D eigenvalue weighted by Gasteiger charge is 2.35. The Hall–Kier alpha value is -3.25. The number of aliphatic hydroxyl groups is 1. The van der Waals surface area contributed by atoms with Crippen LogP contribution >= 0.6 is 0 Å². The van der Waals surface area contributed by atoms with Crippen molar-refractivity contribution in [2.24, 2.45) is 0 Å². The first-order valence-corrected chi connectivity index (χ1v) is 14.3. The SMILES string of the molecule is O=S1(=O)Nc2ccc(C(F)(F)F)c(n2)-c2cc(F)ccc2CCCCCCN(CCCCO)c2cccc1n2. The zero-order valence-corrected chi connectivity index (χ0v) is 22.0. The van der Waals surface area contributed by atoms with Crippen LogP contribution in [0.4, 0.5) is 29.2 Å². The number of aryl methyl sites for hydroxylation is 1. The van der Waals surface area contributed by atoms with E-state index >= 15 is 0 Å². The fourth-order valence-electron chi connectivity index (χ4n) is 4.58. The second-order valence-electron chi connectivity index (χ2n) is 9.41. The minimum atomic E-state index is -4.79. The number of rotatable bonds is 4. The van der Waals surface area contributed by atoms with Gasteiger partial charge in [-0.2, -0.15) is 21.6 Å². The molecule has 0 amide bonds. The fourth-order valence-corrected chi connectivity index (χ4v) is 5.55. The molecule has 0 saturated carbocycles. The van der Waals surface area contributed by atoms with Gasteiger partial charge in [-0.3, -0.25) is 4.72 Å². The molecule has 1 aliphatic heterocycles. The lowest BCUT2D eigenvalue weighted by Gasteiger charge is -2.24. The van der Waals surface area contributed by atoms with E-state index in [1.807, 2.05) is 4.90 Å². The number of nitrogens with one attached hydrogen (secondary N) is 1. The van der Waals surface area contributed by atoms with Gasteiger partial charge in [0.05, 0.1) is 11.3 Å². The minimum Gasteiger partial charge on any atom is -0.396 e. The van der Waals surface area contributed by atoms with Gasteiger partial charge in [0.1, 0.15) is 17.5 Å². The summed E-state index contributed by atoms with van der Waals surface area (Å²) >= 11 is 0. The van der Waals surface area contributed by atoms with E-state index in [2.05, 4.69) is 14.7 Å². The van der Waals surface area contributed by atoms with Crippen LogP contribution in [0.3, 0.4) is 0 Å². The van der Waals surface area contributed by atoms with Crippen LogP contribution in [-0.2, 0) is 22.6 Å². The molecule has 0 fully saturated rings. The number of aromatic nitrogens is 2. The molecule has 3 aromatic rings. The van der Waals surface area contributed by atoms with Crippen molar-refractivity contribution in [3.05, 3.63) is 65.5 Å². The first-order chi connectivity index (χ1) is 18.6. The molecule has 2 N–H and O–H groups in total. The molecule has 0 saturated heterocycles. The predicted octanol–water partition coefficient (Wildman–Crippen LogP) is 5.80. The highest BCUT2D eigenvalue weighted by Crippen LogP contribution is 2.39. The van der Waals surface area contributed by atoms with Crippen molar-refractivity contribution in [2.75, 3.05) is 29.3 Å². The molecule has 1 aliphatic rings. The lowest BCUT2D eigenvalue weighted by atomic mass is 9.95. The summed E-state index contributed by atoms with van der Waals surface area (Å²) in [7, 11) is -4.32. The number of aliphatic hydroxyl groups excluding tert-OH is 1. The number of benzene rings is 1. The molecule has 2 aromatic heterocycles. The summed E-state index contributed by atoms with van der Waals surface area (Å²) in [5, 5.41) is 8.86.